The first kappa shape index (κ1) is 15.8. The summed E-state index contributed by atoms with van der Waals surface area (Å²) >= 11 is 10.9. The highest BCUT2D eigenvalue weighted by Gasteiger charge is 2.14. The molecular weight excluding hydrogens is 361 g/mol. The number of nitrogens with one attached hydrogen (secondary N) is 1. The van der Waals surface area contributed by atoms with Crippen molar-refractivity contribution in [3.8, 4) is 0 Å². The molecule has 0 fully saturated rings. The van der Waals surface area contributed by atoms with Crippen molar-refractivity contribution in [3.63, 3.8) is 0 Å². The van der Waals surface area contributed by atoms with Crippen molar-refractivity contribution < 1.29 is 4.39 Å². The third kappa shape index (κ3) is 4.22. The molecule has 0 saturated heterocycles. The van der Waals surface area contributed by atoms with Gasteiger partial charge >= 0.3 is 0 Å². The van der Waals surface area contributed by atoms with Crippen LogP contribution in [-0.4, -0.2) is 12.8 Å². The monoisotopic (exact) mass is 373 g/mol. The maximum Gasteiger partial charge on any atom is 0.128 e. The number of hydrogen-bond donors (Lipinski definition) is 1. The Hall–Kier alpha value is -0.550. The fourth-order valence-electron chi connectivity index (χ4n) is 1.82. The van der Waals surface area contributed by atoms with Gasteiger partial charge in [-0.2, -0.15) is 0 Å². The maximum atomic E-state index is 13.9. The van der Waals surface area contributed by atoms with Crippen LogP contribution in [0.4, 0.5) is 4.39 Å². The molecule has 0 radical (unpaired) electrons. The Morgan fingerprint density at radius 2 is 1.95 bits per heavy atom. The zero-order valence-electron chi connectivity index (χ0n) is 10.9. The molecule has 0 amide bonds. The van der Waals surface area contributed by atoms with Gasteiger partial charge in [0.2, 0.25) is 0 Å². The summed E-state index contributed by atoms with van der Waals surface area (Å²) in [6.07, 6.45) is 0. The Morgan fingerprint density at radius 3 is 2.60 bits per heavy atom. The smallest absolute Gasteiger partial charge is 0.128 e. The van der Waals surface area contributed by atoms with E-state index < -0.39 is 0 Å². The highest BCUT2D eigenvalue weighted by atomic mass is 79.9. The number of hydrogen-bond acceptors (Lipinski definition) is 2. The van der Waals surface area contributed by atoms with Crippen LogP contribution in [0, 0.1) is 5.82 Å². The molecule has 2 aromatic rings. The van der Waals surface area contributed by atoms with Gasteiger partial charge in [-0.15, -0.1) is 11.8 Å². The zero-order chi connectivity index (χ0) is 14.5. The largest absolute Gasteiger partial charge is 0.312 e. The highest BCUT2D eigenvalue weighted by Crippen LogP contribution is 2.28. The number of rotatable bonds is 5. The second-order valence-corrected chi connectivity index (χ2v) is 6.72. The molecule has 1 atom stereocenters. The molecule has 1 nitrogen and oxygen atoms in total. The Labute approximate surface area is 136 Å². The van der Waals surface area contributed by atoms with Gasteiger partial charge in [0.1, 0.15) is 5.82 Å². The average molecular weight is 375 g/mol. The Morgan fingerprint density at radius 1 is 1.25 bits per heavy atom. The Kier molecular flexibility index (Phi) is 5.90. The van der Waals surface area contributed by atoms with E-state index in [1.807, 2.05) is 37.4 Å². The maximum absolute atomic E-state index is 13.9. The summed E-state index contributed by atoms with van der Waals surface area (Å²) in [5, 5.41) is 3.88. The Bertz CT molecular complexity index is 577. The predicted molar refractivity (Wildman–Crippen MR) is 88.1 cm³/mol. The second-order valence-electron chi connectivity index (χ2n) is 4.27. The second kappa shape index (κ2) is 7.46. The van der Waals surface area contributed by atoms with Crippen molar-refractivity contribution in [1.82, 2.24) is 5.32 Å². The van der Waals surface area contributed by atoms with Crippen molar-refractivity contribution >= 4 is 39.3 Å². The summed E-state index contributed by atoms with van der Waals surface area (Å²) in [4.78, 5) is 1.12. The van der Waals surface area contributed by atoms with E-state index >= 15 is 0 Å². The van der Waals surface area contributed by atoms with Crippen LogP contribution in [-0.2, 0) is 0 Å². The summed E-state index contributed by atoms with van der Waals surface area (Å²) < 4.78 is 14.8. The van der Waals surface area contributed by atoms with Gasteiger partial charge in [0, 0.05) is 31.7 Å². The first-order valence-corrected chi connectivity index (χ1v) is 8.26. The summed E-state index contributed by atoms with van der Waals surface area (Å²) in [6.45, 7) is 0. The van der Waals surface area contributed by atoms with Crippen LogP contribution < -0.4 is 5.32 Å². The Balaban J connectivity index is 2.09. The first-order valence-electron chi connectivity index (χ1n) is 6.10. The highest BCUT2D eigenvalue weighted by molar-refractivity contribution is 9.10. The molecule has 1 unspecified atom stereocenters. The van der Waals surface area contributed by atoms with Crippen LogP contribution in [0.1, 0.15) is 11.6 Å². The lowest BCUT2D eigenvalue weighted by molar-refractivity contribution is 0.565. The van der Waals surface area contributed by atoms with Gasteiger partial charge in [-0.05, 0) is 49.5 Å². The van der Waals surface area contributed by atoms with E-state index in [9.17, 15) is 4.39 Å². The van der Waals surface area contributed by atoms with E-state index in [4.69, 9.17) is 11.6 Å². The van der Waals surface area contributed by atoms with Crippen LogP contribution >= 0.6 is 39.3 Å². The molecule has 0 spiro atoms. The molecule has 20 heavy (non-hydrogen) atoms. The molecule has 0 aliphatic carbocycles. The van der Waals surface area contributed by atoms with E-state index in [0.29, 0.717) is 5.56 Å². The van der Waals surface area contributed by atoms with E-state index in [1.54, 1.807) is 17.8 Å². The van der Waals surface area contributed by atoms with Crippen molar-refractivity contribution in [3.05, 3.63) is 63.3 Å². The van der Waals surface area contributed by atoms with Gasteiger partial charge < -0.3 is 5.32 Å². The average Bonchev–Trinajstić information content (AvgIpc) is 2.45. The van der Waals surface area contributed by atoms with Gasteiger partial charge in [-0.3, -0.25) is 0 Å². The molecular formula is C15H14BrClFNS. The molecule has 2 rings (SSSR count). The molecule has 0 aromatic heterocycles. The minimum atomic E-state index is -0.191. The van der Waals surface area contributed by atoms with Crippen LogP contribution in [0.25, 0.3) is 0 Å². The van der Waals surface area contributed by atoms with Crippen LogP contribution in [0.5, 0.6) is 0 Å². The van der Waals surface area contributed by atoms with E-state index in [-0.39, 0.29) is 11.9 Å². The minimum Gasteiger partial charge on any atom is -0.312 e. The van der Waals surface area contributed by atoms with E-state index in [2.05, 4.69) is 21.2 Å². The lowest BCUT2D eigenvalue weighted by Gasteiger charge is -2.17. The molecule has 106 valence electrons. The summed E-state index contributed by atoms with van der Waals surface area (Å²) in [7, 11) is 1.84. The third-order valence-electron chi connectivity index (χ3n) is 2.91. The fourth-order valence-corrected chi connectivity index (χ4v) is 3.36. The fraction of sp³-hybridized carbons (Fsp3) is 0.200. The first-order chi connectivity index (χ1) is 9.60. The summed E-state index contributed by atoms with van der Waals surface area (Å²) in [5.41, 5.74) is 0.670. The lowest BCUT2D eigenvalue weighted by atomic mass is 10.1. The number of benzene rings is 2. The SMILES string of the molecule is CNC(CSc1ccc(Cl)cc1)c1cc(Br)ccc1F. The van der Waals surface area contributed by atoms with Crippen molar-refractivity contribution in [2.45, 2.75) is 10.9 Å². The summed E-state index contributed by atoms with van der Waals surface area (Å²) in [5.74, 6) is 0.551. The number of thioether (sulfide) groups is 1. The molecule has 1 N–H and O–H groups in total. The van der Waals surface area contributed by atoms with Gasteiger partial charge in [-0.25, -0.2) is 4.39 Å². The van der Waals surface area contributed by atoms with Crippen LogP contribution in [0.2, 0.25) is 5.02 Å². The molecule has 0 aliphatic rings. The summed E-state index contributed by atoms with van der Waals surface area (Å²) in [6, 6.07) is 12.6. The predicted octanol–water partition coefficient (Wildman–Crippen LogP) is 5.29. The van der Waals surface area contributed by atoms with Gasteiger partial charge in [0.15, 0.2) is 0 Å². The topological polar surface area (TPSA) is 12.0 Å². The molecule has 0 saturated carbocycles. The van der Waals surface area contributed by atoms with Gasteiger partial charge in [0.05, 0.1) is 0 Å². The molecule has 2 aromatic carbocycles. The quantitative estimate of drug-likeness (QED) is 0.713. The van der Waals surface area contributed by atoms with E-state index in [0.717, 1.165) is 20.1 Å². The minimum absolute atomic E-state index is 0.0480. The van der Waals surface area contributed by atoms with E-state index in [1.165, 1.54) is 6.07 Å². The lowest BCUT2D eigenvalue weighted by Crippen LogP contribution is -2.20. The molecule has 0 bridgehead atoms. The van der Waals surface area contributed by atoms with Crippen molar-refractivity contribution in [2.24, 2.45) is 0 Å². The van der Waals surface area contributed by atoms with Crippen molar-refractivity contribution in [2.75, 3.05) is 12.8 Å². The van der Waals surface area contributed by atoms with Crippen LogP contribution in [0.3, 0.4) is 0 Å². The van der Waals surface area contributed by atoms with Crippen molar-refractivity contribution in [1.29, 1.82) is 0 Å². The molecule has 5 heteroatoms. The molecule has 0 aliphatic heterocycles. The number of halogens is 3. The zero-order valence-corrected chi connectivity index (χ0v) is 14.0. The van der Waals surface area contributed by atoms with Gasteiger partial charge in [-0.1, -0.05) is 27.5 Å². The van der Waals surface area contributed by atoms with Crippen LogP contribution in [0.15, 0.2) is 51.8 Å². The normalized spacial score (nSPS) is 12.4. The molecule has 0 heterocycles. The van der Waals surface area contributed by atoms with Gasteiger partial charge in [0.25, 0.3) is 0 Å². The third-order valence-corrected chi connectivity index (χ3v) is 4.76. The standard InChI is InChI=1S/C15H14BrClFNS/c1-19-15(13-8-10(16)2-7-14(13)18)9-20-12-5-3-11(17)4-6-12/h2-8,15,19H,9H2,1H3.